The van der Waals surface area contributed by atoms with Crippen molar-refractivity contribution < 1.29 is 24.1 Å². The summed E-state index contributed by atoms with van der Waals surface area (Å²) < 4.78 is 16.6. The van der Waals surface area contributed by atoms with Crippen molar-refractivity contribution in [3.05, 3.63) is 59.1 Å². The Hall–Kier alpha value is -2.77. The Morgan fingerprint density at radius 3 is 2.43 bits per heavy atom. The van der Waals surface area contributed by atoms with E-state index >= 15 is 0 Å². The summed E-state index contributed by atoms with van der Waals surface area (Å²) in [7, 11) is 0. The second-order valence-corrected chi connectivity index (χ2v) is 7.01. The van der Waals surface area contributed by atoms with Gasteiger partial charge in [0.15, 0.2) is 6.61 Å². The summed E-state index contributed by atoms with van der Waals surface area (Å²) in [6, 6.07) is 12.3. The van der Waals surface area contributed by atoms with Gasteiger partial charge in [-0.25, -0.2) is 9.78 Å². The summed E-state index contributed by atoms with van der Waals surface area (Å²) >= 11 is 7.62. The van der Waals surface area contributed by atoms with Crippen LogP contribution in [0.4, 0.5) is 0 Å². The number of carboxylic acids is 1. The van der Waals surface area contributed by atoms with Crippen LogP contribution in [-0.2, 0) is 4.79 Å². The molecule has 1 heterocycles. The topological polar surface area (TPSA) is 77.9 Å². The fourth-order valence-corrected chi connectivity index (χ4v) is 3.19. The third kappa shape index (κ3) is 5.87. The quantitative estimate of drug-likeness (QED) is 0.477. The molecule has 1 aromatic heterocycles. The van der Waals surface area contributed by atoms with E-state index in [0.29, 0.717) is 36.2 Å². The summed E-state index contributed by atoms with van der Waals surface area (Å²) in [5, 5.41) is 12.0. The van der Waals surface area contributed by atoms with Crippen molar-refractivity contribution in [1.29, 1.82) is 0 Å². The molecule has 6 nitrogen and oxygen atoms in total. The Kier molecular flexibility index (Phi) is 7.11. The maximum Gasteiger partial charge on any atom is 0.341 e. The standard InChI is InChI=1S/C20H18ClNO5S/c21-14-2-7-18(17(12-14)20-22-8-11-28-20)26-10-1-9-25-15-3-5-16(6-4-15)27-13-19(23)24/h2-8,11-12H,1,9-10,13H2,(H,23,24). The monoisotopic (exact) mass is 419 g/mol. The van der Waals surface area contributed by atoms with E-state index in [0.717, 1.165) is 16.3 Å². The van der Waals surface area contributed by atoms with E-state index in [1.54, 1.807) is 36.5 Å². The molecule has 0 saturated heterocycles. The Morgan fingerprint density at radius 1 is 1.04 bits per heavy atom. The van der Waals surface area contributed by atoms with Crippen LogP contribution in [0.5, 0.6) is 17.2 Å². The summed E-state index contributed by atoms with van der Waals surface area (Å²) in [5.41, 5.74) is 0.875. The van der Waals surface area contributed by atoms with Gasteiger partial charge >= 0.3 is 5.97 Å². The van der Waals surface area contributed by atoms with Crippen molar-refractivity contribution in [3.63, 3.8) is 0 Å². The minimum Gasteiger partial charge on any atom is -0.493 e. The molecule has 0 amide bonds. The molecule has 8 heteroatoms. The van der Waals surface area contributed by atoms with Gasteiger partial charge in [0.1, 0.15) is 22.3 Å². The molecule has 0 aliphatic carbocycles. The predicted molar refractivity (Wildman–Crippen MR) is 108 cm³/mol. The van der Waals surface area contributed by atoms with Crippen LogP contribution in [0, 0.1) is 0 Å². The molecule has 0 atom stereocenters. The number of carbonyl (C=O) groups is 1. The highest BCUT2D eigenvalue weighted by Crippen LogP contribution is 2.33. The highest BCUT2D eigenvalue weighted by molar-refractivity contribution is 7.13. The van der Waals surface area contributed by atoms with Crippen molar-refractivity contribution in [2.75, 3.05) is 19.8 Å². The largest absolute Gasteiger partial charge is 0.493 e. The van der Waals surface area contributed by atoms with Crippen LogP contribution in [-0.4, -0.2) is 35.9 Å². The molecular weight excluding hydrogens is 402 g/mol. The number of benzene rings is 2. The van der Waals surface area contributed by atoms with Gasteiger partial charge < -0.3 is 19.3 Å². The highest BCUT2D eigenvalue weighted by atomic mass is 35.5. The van der Waals surface area contributed by atoms with Crippen LogP contribution in [0.15, 0.2) is 54.0 Å². The molecule has 0 radical (unpaired) electrons. The van der Waals surface area contributed by atoms with Gasteiger partial charge in [-0.2, -0.15) is 0 Å². The van der Waals surface area contributed by atoms with E-state index in [4.69, 9.17) is 30.9 Å². The summed E-state index contributed by atoms with van der Waals surface area (Å²) in [6.45, 7) is 0.598. The van der Waals surface area contributed by atoms with E-state index in [-0.39, 0.29) is 6.61 Å². The number of aromatic nitrogens is 1. The fourth-order valence-electron chi connectivity index (χ4n) is 2.36. The van der Waals surface area contributed by atoms with Crippen LogP contribution in [0.2, 0.25) is 5.02 Å². The van der Waals surface area contributed by atoms with Crippen molar-refractivity contribution in [2.24, 2.45) is 0 Å². The Labute approximate surface area is 171 Å². The maximum absolute atomic E-state index is 10.5. The van der Waals surface area contributed by atoms with Gasteiger partial charge in [-0.3, -0.25) is 0 Å². The summed E-state index contributed by atoms with van der Waals surface area (Å²) in [6.07, 6.45) is 2.44. The summed E-state index contributed by atoms with van der Waals surface area (Å²) in [4.78, 5) is 14.8. The first-order valence-corrected chi connectivity index (χ1v) is 9.77. The van der Waals surface area contributed by atoms with Gasteiger partial charge in [0.25, 0.3) is 0 Å². The third-order valence-electron chi connectivity index (χ3n) is 3.61. The van der Waals surface area contributed by atoms with Crippen molar-refractivity contribution in [2.45, 2.75) is 6.42 Å². The zero-order valence-corrected chi connectivity index (χ0v) is 16.4. The lowest BCUT2D eigenvalue weighted by Gasteiger charge is -2.11. The molecule has 3 aromatic rings. The molecule has 0 aliphatic rings. The molecule has 0 bridgehead atoms. The number of carboxylic acid groups (broad SMARTS) is 1. The first-order valence-electron chi connectivity index (χ1n) is 8.51. The van der Waals surface area contributed by atoms with Crippen molar-refractivity contribution in [3.8, 4) is 27.8 Å². The number of hydrogen-bond donors (Lipinski definition) is 1. The van der Waals surface area contributed by atoms with Gasteiger partial charge in [0.2, 0.25) is 0 Å². The van der Waals surface area contributed by atoms with E-state index in [2.05, 4.69) is 4.98 Å². The second kappa shape index (κ2) is 9.96. The lowest BCUT2D eigenvalue weighted by Crippen LogP contribution is -2.09. The molecule has 0 saturated carbocycles. The van der Waals surface area contributed by atoms with Gasteiger partial charge in [0, 0.05) is 23.0 Å². The van der Waals surface area contributed by atoms with Crippen LogP contribution in [0.3, 0.4) is 0 Å². The number of hydrogen-bond acceptors (Lipinski definition) is 6. The van der Waals surface area contributed by atoms with E-state index < -0.39 is 5.97 Å². The molecule has 0 unspecified atom stereocenters. The normalized spacial score (nSPS) is 10.5. The smallest absolute Gasteiger partial charge is 0.341 e. The van der Waals surface area contributed by atoms with E-state index in [1.165, 1.54) is 11.3 Å². The zero-order chi connectivity index (χ0) is 19.8. The van der Waals surface area contributed by atoms with Crippen LogP contribution < -0.4 is 14.2 Å². The minimum absolute atomic E-state index is 0.370. The average molecular weight is 420 g/mol. The van der Waals surface area contributed by atoms with Crippen molar-refractivity contribution >= 4 is 28.9 Å². The van der Waals surface area contributed by atoms with Crippen molar-refractivity contribution in [1.82, 2.24) is 4.98 Å². The van der Waals surface area contributed by atoms with Crippen LogP contribution in [0.25, 0.3) is 10.6 Å². The fraction of sp³-hybridized carbons (Fsp3) is 0.200. The van der Waals surface area contributed by atoms with Gasteiger partial charge in [0.05, 0.1) is 18.8 Å². The number of ether oxygens (including phenoxy) is 3. The molecule has 3 rings (SSSR count). The molecule has 0 spiro atoms. The van der Waals surface area contributed by atoms with Gasteiger partial charge in [-0.1, -0.05) is 11.6 Å². The maximum atomic E-state index is 10.5. The Morgan fingerprint density at radius 2 is 1.75 bits per heavy atom. The number of aliphatic carboxylic acids is 1. The Balaban J connectivity index is 1.45. The SMILES string of the molecule is O=C(O)COc1ccc(OCCCOc2ccc(Cl)cc2-c2nccs2)cc1. The molecule has 0 fully saturated rings. The number of thiazole rings is 1. The van der Waals surface area contributed by atoms with Crippen LogP contribution >= 0.6 is 22.9 Å². The molecule has 2 aromatic carbocycles. The van der Waals surface area contributed by atoms with E-state index in [9.17, 15) is 4.79 Å². The molecule has 1 N–H and O–H groups in total. The Bertz CT molecular complexity index is 899. The van der Waals surface area contributed by atoms with Crippen LogP contribution in [0.1, 0.15) is 6.42 Å². The first-order chi connectivity index (χ1) is 13.6. The molecule has 0 aliphatic heterocycles. The minimum atomic E-state index is -1.01. The highest BCUT2D eigenvalue weighted by Gasteiger charge is 2.10. The molecule has 146 valence electrons. The lowest BCUT2D eigenvalue weighted by molar-refractivity contribution is -0.139. The first kappa shape index (κ1) is 20.0. The molecule has 28 heavy (non-hydrogen) atoms. The number of rotatable bonds is 10. The molecular formula is C20H18ClNO5S. The third-order valence-corrected chi connectivity index (χ3v) is 4.65. The number of nitrogens with zero attached hydrogens (tertiary/aromatic N) is 1. The van der Waals surface area contributed by atoms with Gasteiger partial charge in [-0.05, 0) is 42.5 Å². The predicted octanol–water partition coefficient (Wildman–Crippen LogP) is 4.77. The van der Waals surface area contributed by atoms with E-state index in [1.807, 2.05) is 17.5 Å². The second-order valence-electron chi connectivity index (χ2n) is 5.68. The average Bonchev–Trinajstić information content (AvgIpc) is 3.22. The van der Waals surface area contributed by atoms with Gasteiger partial charge in [-0.15, -0.1) is 11.3 Å². The number of halogens is 1. The summed E-state index contributed by atoms with van der Waals surface area (Å²) in [5.74, 6) is 0.881. The lowest BCUT2D eigenvalue weighted by atomic mass is 10.2. The zero-order valence-electron chi connectivity index (χ0n) is 14.8.